The van der Waals surface area contributed by atoms with Gasteiger partial charge in [-0.15, -0.1) is 0 Å². The Labute approximate surface area is 121 Å². The maximum Gasteiger partial charge on any atom is 0.295 e. The second kappa shape index (κ2) is 7.09. The summed E-state index contributed by atoms with van der Waals surface area (Å²) in [5.41, 5.74) is -0.430. The van der Waals surface area contributed by atoms with Crippen LogP contribution in [0, 0.1) is 15.9 Å². The van der Waals surface area contributed by atoms with Crippen molar-refractivity contribution in [1.82, 2.24) is 10.2 Å². The molecule has 0 radical (unpaired) electrons. The number of nitro groups is 1. The summed E-state index contributed by atoms with van der Waals surface area (Å²) in [6.45, 7) is 3.44. The molecule has 0 aliphatic carbocycles. The van der Waals surface area contributed by atoms with E-state index >= 15 is 0 Å². The molecule has 0 spiro atoms. The van der Waals surface area contributed by atoms with Crippen molar-refractivity contribution in [3.05, 3.63) is 34.1 Å². The third kappa shape index (κ3) is 4.47. The summed E-state index contributed by atoms with van der Waals surface area (Å²) in [4.78, 5) is 24.1. The number of nitro benzene ring substituents is 1. The number of hydrogen-bond acceptors (Lipinski definition) is 5. The van der Waals surface area contributed by atoms with Crippen LogP contribution in [0.5, 0.6) is 0 Å². The van der Waals surface area contributed by atoms with Gasteiger partial charge in [0.15, 0.2) is 0 Å². The van der Waals surface area contributed by atoms with E-state index < -0.39 is 16.4 Å². The molecule has 1 aliphatic heterocycles. The molecule has 2 N–H and O–H groups in total. The topological polar surface area (TPSA) is 87.5 Å². The number of nitrogens with one attached hydrogen (secondary N) is 2. The van der Waals surface area contributed by atoms with Gasteiger partial charge in [-0.25, -0.2) is 4.39 Å². The van der Waals surface area contributed by atoms with E-state index in [0.717, 1.165) is 44.7 Å². The van der Waals surface area contributed by atoms with Crippen molar-refractivity contribution in [1.29, 1.82) is 0 Å². The van der Waals surface area contributed by atoms with Crippen LogP contribution in [0.3, 0.4) is 0 Å². The smallest absolute Gasteiger partial charge is 0.295 e. The van der Waals surface area contributed by atoms with Gasteiger partial charge < -0.3 is 10.6 Å². The highest BCUT2D eigenvalue weighted by Crippen LogP contribution is 2.24. The van der Waals surface area contributed by atoms with Gasteiger partial charge in [0.2, 0.25) is 5.91 Å². The third-order valence-electron chi connectivity index (χ3n) is 3.23. The zero-order chi connectivity index (χ0) is 15.2. The van der Waals surface area contributed by atoms with E-state index in [-0.39, 0.29) is 18.1 Å². The molecule has 0 unspecified atom stereocenters. The van der Waals surface area contributed by atoms with Gasteiger partial charge in [-0.1, -0.05) is 0 Å². The largest absolute Gasteiger partial charge is 0.319 e. The normalized spacial score (nSPS) is 16.2. The number of halogens is 1. The molecule has 8 heteroatoms. The fourth-order valence-corrected chi connectivity index (χ4v) is 2.21. The molecule has 1 aromatic carbocycles. The van der Waals surface area contributed by atoms with Gasteiger partial charge in [0.1, 0.15) is 11.5 Å². The summed E-state index contributed by atoms with van der Waals surface area (Å²) in [5.74, 6) is -1.05. The van der Waals surface area contributed by atoms with Crippen molar-refractivity contribution < 1.29 is 14.1 Å². The predicted octanol–water partition coefficient (Wildman–Crippen LogP) is 0.968. The SMILES string of the molecule is O=C(CN1CCCNCC1)Nc1ccc(F)cc1[N+](=O)[O-]. The van der Waals surface area contributed by atoms with Crippen LogP contribution in [0.25, 0.3) is 0 Å². The van der Waals surface area contributed by atoms with E-state index in [4.69, 9.17) is 0 Å². The molecule has 0 saturated carbocycles. The summed E-state index contributed by atoms with van der Waals surface area (Å²) in [7, 11) is 0. The van der Waals surface area contributed by atoms with E-state index in [2.05, 4.69) is 10.6 Å². The second-order valence-corrected chi connectivity index (χ2v) is 4.85. The highest BCUT2D eigenvalue weighted by Gasteiger charge is 2.18. The number of amides is 1. The highest BCUT2D eigenvalue weighted by atomic mass is 19.1. The third-order valence-corrected chi connectivity index (χ3v) is 3.23. The fraction of sp³-hybridized carbons (Fsp3) is 0.462. The first-order valence-corrected chi connectivity index (χ1v) is 6.73. The van der Waals surface area contributed by atoms with Gasteiger partial charge in [0.05, 0.1) is 17.5 Å². The first kappa shape index (κ1) is 15.3. The number of carbonyl (C=O) groups excluding carboxylic acids is 1. The van der Waals surface area contributed by atoms with Gasteiger partial charge >= 0.3 is 0 Å². The molecule has 0 atom stereocenters. The molecule has 1 aliphatic rings. The molecule has 1 amide bonds. The monoisotopic (exact) mass is 296 g/mol. The number of anilines is 1. The average Bonchev–Trinajstić information content (AvgIpc) is 2.69. The minimum atomic E-state index is -0.714. The van der Waals surface area contributed by atoms with E-state index in [1.807, 2.05) is 4.90 Å². The van der Waals surface area contributed by atoms with Crippen LogP contribution in [0.2, 0.25) is 0 Å². The minimum Gasteiger partial charge on any atom is -0.319 e. The number of rotatable bonds is 4. The zero-order valence-corrected chi connectivity index (χ0v) is 11.5. The number of carbonyl (C=O) groups is 1. The molecule has 1 saturated heterocycles. The Kier molecular flexibility index (Phi) is 5.18. The van der Waals surface area contributed by atoms with Crippen LogP contribution in [-0.4, -0.2) is 48.5 Å². The number of hydrogen-bond donors (Lipinski definition) is 2. The second-order valence-electron chi connectivity index (χ2n) is 4.85. The molecule has 2 rings (SSSR count). The quantitative estimate of drug-likeness (QED) is 0.638. The van der Waals surface area contributed by atoms with Crippen LogP contribution < -0.4 is 10.6 Å². The number of benzene rings is 1. The molecular weight excluding hydrogens is 279 g/mol. The lowest BCUT2D eigenvalue weighted by Gasteiger charge is -2.18. The fourth-order valence-electron chi connectivity index (χ4n) is 2.21. The molecule has 0 bridgehead atoms. The Morgan fingerprint density at radius 3 is 3.00 bits per heavy atom. The average molecular weight is 296 g/mol. The summed E-state index contributed by atoms with van der Waals surface area (Å²) in [6.07, 6.45) is 0.948. The zero-order valence-electron chi connectivity index (χ0n) is 11.5. The summed E-state index contributed by atoms with van der Waals surface area (Å²) >= 11 is 0. The number of nitrogens with zero attached hydrogens (tertiary/aromatic N) is 2. The molecule has 114 valence electrons. The van der Waals surface area contributed by atoms with Gasteiger partial charge in [0.25, 0.3) is 5.69 Å². The van der Waals surface area contributed by atoms with E-state index in [0.29, 0.717) is 0 Å². The summed E-state index contributed by atoms with van der Waals surface area (Å²) < 4.78 is 13.0. The van der Waals surface area contributed by atoms with Crippen molar-refractivity contribution in [2.45, 2.75) is 6.42 Å². The van der Waals surface area contributed by atoms with E-state index in [1.54, 1.807) is 0 Å². The molecule has 1 heterocycles. The Bertz CT molecular complexity index is 530. The van der Waals surface area contributed by atoms with Gasteiger partial charge in [-0.3, -0.25) is 19.8 Å². The molecular formula is C13H17FN4O3. The van der Waals surface area contributed by atoms with Crippen molar-refractivity contribution in [2.75, 3.05) is 38.0 Å². The van der Waals surface area contributed by atoms with Crippen LogP contribution in [0.1, 0.15) is 6.42 Å². The summed E-state index contributed by atoms with van der Waals surface area (Å²) in [6, 6.07) is 3.08. The molecule has 1 fully saturated rings. The first-order valence-electron chi connectivity index (χ1n) is 6.73. The van der Waals surface area contributed by atoms with Crippen LogP contribution >= 0.6 is 0 Å². The molecule has 7 nitrogen and oxygen atoms in total. The Balaban J connectivity index is 2.00. The molecule has 21 heavy (non-hydrogen) atoms. The van der Waals surface area contributed by atoms with Crippen LogP contribution in [-0.2, 0) is 4.79 Å². The Hall–Kier alpha value is -2.06. The van der Waals surface area contributed by atoms with Crippen molar-refractivity contribution in [3.63, 3.8) is 0 Å². The maximum absolute atomic E-state index is 13.0. The molecule has 0 aromatic heterocycles. The van der Waals surface area contributed by atoms with E-state index in [9.17, 15) is 19.3 Å². The first-order chi connectivity index (χ1) is 10.1. The van der Waals surface area contributed by atoms with Crippen LogP contribution in [0.4, 0.5) is 15.8 Å². The van der Waals surface area contributed by atoms with Crippen molar-refractivity contribution >= 4 is 17.3 Å². The Morgan fingerprint density at radius 2 is 2.24 bits per heavy atom. The van der Waals surface area contributed by atoms with Gasteiger partial charge in [-0.05, 0) is 31.6 Å². The lowest BCUT2D eigenvalue weighted by molar-refractivity contribution is -0.384. The minimum absolute atomic E-state index is 0.0133. The predicted molar refractivity (Wildman–Crippen MR) is 75.6 cm³/mol. The van der Waals surface area contributed by atoms with Gasteiger partial charge in [0, 0.05) is 13.1 Å². The lowest BCUT2D eigenvalue weighted by Crippen LogP contribution is -2.35. The molecule has 1 aromatic rings. The van der Waals surface area contributed by atoms with Crippen LogP contribution in [0.15, 0.2) is 18.2 Å². The Morgan fingerprint density at radius 1 is 1.43 bits per heavy atom. The van der Waals surface area contributed by atoms with Crippen molar-refractivity contribution in [2.24, 2.45) is 0 Å². The maximum atomic E-state index is 13.0. The lowest BCUT2D eigenvalue weighted by atomic mass is 10.2. The summed E-state index contributed by atoms with van der Waals surface area (Å²) in [5, 5.41) is 16.6. The highest BCUT2D eigenvalue weighted by molar-refractivity contribution is 5.94. The van der Waals surface area contributed by atoms with Crippen molar-refractivity contribution in [3.8, 4) is 0 Å². The van der Waals surface area contributed by atoms with E-state index in [1.165, 1.54) is 6.07 Å². The standard InChI is InChI=1S/C13H17FN4O3/c14-10-2-3-11(12(8-10)18(20)21)16-13(19)9-17-6-1-4-15-5-7-17/h2-3,8,15H,1,4-7,9H2,(H,16,19). The van der Waals surface area contributed by atoms with Gasteiger partial charge in [-0.2, -0.15) is 0 Å².